The van der Waals surface area contributed by atoms with E-state index in [1.54, 1.807) is 18.6 Å². The average molecular weight is 216 g/mol. The molecule has 0 aromatic carbocycles. The minimum Gasteiger partial charge on any atom is -0.363 e. The molecule has 80 valence electrons. The quantitative estimate of drug-likeness (QED) is 0.632. The molecule has 3 rings (SSSR count). The Kier molecular flexibility index (Phi) is 1.96. The molecule has 0 aliphatic carbocycles. The molecule has 0 saturated heterocycles. The van der Waals surface area contributed by atoms with Crippen LogP contribution in [0.2, 0.25) is 0 Å². The Morgan fingerprint density at radius 1 is 1.38 bits per heavy atom. The van der Waals surface area contributed by atoms with Gasteiger partial charge in [-0.15, -0.1) is 14.8 Å². The van der Waals surface area contributed by atoms with Gasteiger partial charge in [-0.25, -0.2) is 4.98 Å². The fourth-order valence-corrected chi connectivity index (χ4v) is 1.31. The van der Waals surface area contributed by atoms with Gasteiger partial charge < -0.3 is 10.3 Å². The molecule has 3 aromatic heterocycles. The Morgan fingerprint density at radius 3 is 3.25 bits per heavy atom. The number of hydrogen-bond donors (Lipinski definition) is 2. The molecular formula is C8H8N8. The first-order valence-corrected chi connectivity index (χ1v) is 4.68. The maximum Gasteiger partial charge on any atom is 0.200 e. The number of tetrazole rings is 1. The number of aromatic amines is 1. The number of fused-ring (bicyclic) bond motifs is 1. The first kappa shape index (κ1) is 8.77. The lowest BCUT2D eigenvalue weighted by Gasteiger charge is -2.02. The summed E-state index contributed by atoms with van der Waals surface area (Å²) in [4.78, 5) is 6.91. The zero-order chi connectivity index (χ0) is 10.8. The van der Waals surface area contributed by atoms with Crippen molar-refractivity contribution in [2.24, 2.45) is 0 Å². The van der Waals surface area contributed by atoms with E-state index in [1.807, 2.05) is 6.07 Å². The second kappa shape index (κ2) is 3.57. The molecule has 2 N–H and O–H groups in total. The number of aromatic nitrogens is 7. The number of anilines is 1. The summed E-state index contributed by atoms with van der Waals surface area (Å²) in [5.41, 5.74) is 1.60. The molecule has 8 heteroatoms. The van der Waals surface area contributed by atoms with E-state index in [1.165, 1.54) is 4.63 Å². The van der Waals surface area contributed by atoms with Crippen LogP contribution in [-0.2, 0) is 6.54 Å². The topological polar surface area (TPSA) is 96.7 Å². The van der Waals surface area contributed by atoms with Crippen LogP contribution in [0, 0.1) is 0 Å². The molecule has 16 heavy (non-hydrogen) atoms. The summed E-state index contributed by atoms with van der Waals surface area (Å²) in [6.07, 6.45) is 3.39. The van der Waals surface area contributed by atoms with Gasteiger partial charge in [-0.3, -0.25) is 0 Å². The van der Waals surface area contributed by atoms with Gasteiger partial charge in [-0.05, 0) is 22.6 Å². The average Bonchev–Trinajstić information content (AvgIpc) is 2.97. The van der Waals surface area contributed by atoms with Crippen LogP contribution in [0.25, 0.3) is 5.65 Å². The van der Waals surface area contributed by atoms with E-state index >= 15 is 0 Å². The van der Waals surface area contributed by atoms with Gasteiger partial charge in [0.1, 0.15) is 5.82 Å². The predicted octanol–water partition coefficient (Wildman–Crippen LogP) is -0.146. The summed E-state index contributed by atoms with van der Waals surface area (Å²) in [5.74, 6) is 0.703. The lowest BCUT2D eigenvalue weighted by atomic mass is 10.4. The van der Waals surface area contributed by atoms with E-state index < -0.39 is 0 Å². The van der Waals surface area contributed by atoms with Crippen molar-refractivity contribution in [1.29, 1.82) is 0 Å². The van der Waals surface area contributed by atoms with Crippen molar-refractivity contribution < 1.29 is 0 Å². The highest BCUT2D eigenvalue weighted by atomic mass is 15.6. The molecule has 0 spiro atoms. The molecule has 0 fully saturated rings. The Labute approximate surface area is 89.7 Å². The molecule has 0 aliphatic heterocycles. The summed E-state index contributed by atoms with van der Waals surface area (Å²) in [6, 6.07) is 3.62. The molecule has 0 saturated carbocycles. The minimum atomic E-state index is 0.618. The van der Waals surface area contributed by atoms with Gasteiger partial charge in [0.2, 0.25) is 0 Å². The van der Waals surface area contributed by atoms with E-state index in [-0.39, 0.29) is 0 Å². The van der Waals surface area contributed by atoms with Crippen molar-refractivity contribution in [3.63, 3.8) is 0 Å². The Hall–Kier alpha value is -2.51. The van der Waals surface area contributed by atoms with Crippen LogP contribution >= 0.6 is 0 Å². The van der Waals surface area contributed by atoms with Gasteiger partial charge >= 0.3 is 0 Å². The molecule has 0 amide bonds. The van der Waals surface area contributed by atoms with Crippen LogP contribution in [0.1, 0.15) is 5.69 Å². The summed E-state index contributed by atoms with van der Waals surface area (Å²) < 4.78 is 1.37. The maximum atomic E-state index is 4.17. The second-order valence-electron chi connectivity index (χ2n) is 3.18. The monoisotopic (exact) mass is 216 g/mol. The lowest BCUT2D eigenvalue weighted by Crippen LogP contribution is -2.04. The molecule has 0 bridgehead atoms. The number of imidazole rings is 1. The Balaban J connectivity index is 1.78. The van der Waals surface area contributed by atoms with Crippen LogP contribution in [0.5, 0.6) is 0 Å². The van der Waals surface area contributed by atoms with E-state index in [2.05, 4.69) is 35.9 Å². The molecule has 8 nitrogen and oxygen atoms in total. The summed E-state index contributed by atoms with van der Waals surface area (Å²) >= 11 is 0. The number of rotatable bonds is 3. The van der Waals surface area contributed by atoms with Crippen LogP contribution < -0.4 is 5.32 Å². The molecule has 0 radical (unpaired) electrons. The standard InChI is InChI=1S/C8H8N8/c1-2-8-12-14-15-16(8)13-7(1)10-4-6-3-9-5-11-6/h1-3,5H,4H2,(H,9,11)(H,10,13). The van der Waals surface area contributed by atoms with Crippen molar-refractivity contribution >= 4 is 11.5 Å². The van der Waals surface area contributed by atoms with Crippen LogP contribution in [0.3, 0.4) is 0 Å². The predicted molar refractivity (Wildman–Crippen MR) is 54.5 cm³/mol. The third kappa shape index (κ3) is 1.56. The zero-order valence-electron chi connectivity index (χ0n) is 8.20. The van der Waals surface area contributed by atoms with Gasteiger partial charge in [0, 0.05) is 6.20 Å². The highest BCUT2D eigenvalue weighted by Crippen LogP contribution is 2.04. The van der Waals surface area contributed by atoms with E-state index in [0.717, 1.165) is 5.69 Å². The molecule has 3 aromatic rings. The smallest absolute Gasteiger partial charge is 0.200 e. The van der Waals surface area contributed by atoms with E-state index in [9.17, 15) is 0 Å². The number of hydrogen-bond acceptors (Lipinski definition) is 6. The van der Waals surface area contributed by atoms with E-state index in [4.69, 9.17) is 0 Å². The summed E-state index contributed by atoms with van der Waals surface area (Å²) in [6.45, 7) is 0.626. The fourth-order valence-electron chi connectivity index (χ4n) is 1.31. The van der Waals surface area contributed by atoms with Gasteiger partial charge in [0.05, 0.1) is 18.6 Å². The Bertz CT molecular complexity index is 583. The summed E-state index contributed by atoms with van der Waals surface area (Å²) in [5, 5.41) is 18.3. The molecule has 0 unspecified atom stereocenters. The molecule has 0 aliphatic rings. The zero-order valence-corrected chi connectivity index (χ0v) is 8.20. The molecular weight excluding hydrogens is 208 g/mol. The van der Waals surface area contributed by atoms with Gasteiger partial charge in [-0.2, -0.15) is 0 Å². The lowest BCUT2D eigenvalue weighted by molar-refractivity contribution is 0.733. The highest BCUT2D eigenvalue weighted by molar-refractivity contribution is 5.42. The van der Waals surface area contributed by atoms with Crippen molar-refractivity contribution in [3.8, 4) is 0 Å². The van der Waals surface area contributed by atoms with Crippen molar-refractivity contribution in [1.82, 2.24) is 35.2 Å². The fraction of sp³-hybridized carbons (Fsp3) is 0.125. The second-order valence-corrected chi connectivity index (χ2v) is 3.18. The molecule has 0 atom stereocenters. The SMILES string of the molecule is c1ncc(CNc2ccc3nnnn3n2)[nH]1. The van der Waals surface area contributed by atoms with E-state index in [0.29, 0.717) is 18.0 Å². The maximum absolute atomic E-state index is 4.17. The van der Waals surface area contributed by atoms with Gasteiger partial charge in [-0.1, -0.05) is 0 Å². The largest absolute Gasteiger partial charge is 0.363 e. The van der Waals surface area contributed by atoms with Gasteiger partial charge in [0.25, 0.3) is 0 Å². The third-order valence-electron chi connectivity index (χ3n) is 2.08. The number of nitrogens with one attached hydrogen (secondary N) is 2. The van der Waals surface area contributed by atoms with Gasteiger partial charge in [0.15, 0.2) is 5.65 Å². The van der Waals surface area contributed by atoms with Crippen molar-refractivity contribution in [2.45, 2.75) is 6.54 Å². The van der Waals surface area contributed by atoms with Crippen LogP contribution in [0.15, 0.2) is 24.7 Å². The third-order valence-corrected chi connectivity index (χ3v) is 2.08. The minimum absolute atomic E-state index is 0.618. The number of nitrogens with zero attached hydrogens (tertiary/aromatic N) is 6. The first-order valence-electron chi connectivity index (χ1n) is 4.68. The summed E-state index contributed by atoms with van der Waals surface area (Å²) in [7, 11) is 0. The van der Waals surface area contributed by atoms with Crippen LogP contribution in [-0.4, -0.2) is 35.2 Å². The number of H-pyrrole nitrogens is 1. The Morgan fingerprint density at radius 2 is 2.38 bits per heavy atom. The van der Waals surface area contributed by atoms with Crippen LogP contribution in [0.4, 0.5) is 5.82 Å². The molecule has 3 heterocycles. The van der Waals surface area contributed by atoms with Crippen molar-refractivity contribution in [3.05, 3.63) is 30.4 Å². The first-order chi connectivity index (χ1) is 7.92. The normalized spacial score (nSPS) is 10.8. The van der Waals surface area contributed by atoms with Crippen molar-refractivity contribution in [2.75, 3.05) is 5.32 Å². The highest BCUT2D eigenvalue weighted by Gasteiger charge is 2.00.